The summed E-state index contributed by atoms with van der Waals surface area (Å²) >= 11 is 0. The summed E-state index contributed by atoms with van der Waals surface area (Å²) in [5.74, 6) is 0.401. The van der Waals surface area contributed by atoms with Gasteiger partial charge in [-0.05, 0) is 32.2 Å². The molecule has 0 saturated carbocycles. The van der Waals surface area contributed by atoms with Crippen molar-refractivity contribution in [2.75, 3.05) is 39.5 Å². The van der Waals surface area contributed by atoms with E-state index in [0.717, 1.165) is 39.1 Å². The third-order valence-corrected chi connectivity index (χ3v) is 4.07. The Morgan fingerprint density at radius 2 is 2.38 bits per heavy atom. The zero-order valence-electron chi connectivity index (χ0n) is 10.1. The van der Waals surface area contributed by atoms with Crippen molar-refractivity contribution in [3.8, 4) is 0 Å². The minimum absolute atomic E-state index is 0.0480. The van der Waals surface area contributed by atoms with E-state index in [9.17, 15) is 10.2 Å². The molecule has 0 amide bonds. The Hall–Kier alpha value is -0.160. The van der Waals surface area contributed by atoms with Crippen molar-refractivity contribution in [3.05, 3.63) is 0 Å². The first-order chi connectivity index (χ1) is 7.65. The van der Waals surface area contributed by atoms with Crippen molar-refractivity contribution in [2.45, 2.75) is 25.9 Å². The van der Waals surface area contributed by atoms with Gasteiger partial charge in [0.15, 0.2) is 0 Å². The molecule has 0 spiro atoms. The van der Waals surface area contributed by atoms with Gasteiger partial charge in [0.2, 0.25) is 0 Å². The van der Waals surface area contributed by atoms with Crippen molar-refractivity contribution in [1.29, 1.82) is 0 Å². The lowest BCUT2D eigenvalue weighted by atomic mass is 9.88. The molecule has 2 rings (SSSR count). The first kappa shape index (κ1) is 12.3. The van der Waals surface area contributed by atoms with E-state index in [1.165, 1.54) is 0 Å². The number of ether oxygens (including phenoxy) is 1. The predicted molar refractivity (Wildman–Crippen MR) is 61.2 cm³/mol. The Morgan fingerprint density at radius 1 is 1.56 bits per heavy atom. The molecule has 2 fully saturated rings. The van der Waals surface area contributed by atoms with Gasteiger partial charge in [-0.2, -0.15) is 0 Å². The number of likely N-dealkylation sites (tertiary alicyclic amines) is 1. The van der Waals surface area contributed by atoms with Crippen LogP contribution in [0.3, 0.4) is 0 Å². The zero-order valence-corrected chi connectivity index (χ0v) is 10.1. The smallest absolute Gasteiger partial charge is 0.0557 e. The number of nitrogens with zero attached hydrogens (tertiary/aromatic N) is 1. The Balaban J connectivity index is 1.86. The van der Waals surface area contributed by atoms with Crippen LogP contribution in [0.5, 0.6) is 0 Å². The zero-order chi connectivity index (χ0) is 11.6. The highest BCUT2D eigenvalue weighted by Crippen LogP contribution is 2.31. The summed E-state index contributed by atoms with van der Waals surface area (Å²) < 4.78 is 5.40. The van der Waals surface area contributed by atoms with Crippen LogP contribution in [0.2, 0.25) is 0 Å². The highest BCUT2D eigenvalue weighted by Gasteiger charge is 2.38. The SMILES string of the molecule is CC(O)C1CCN(CC2(CO)CCOC2)C1. The third-order valence-electron chi connectivity index (χ3n) is 4.07. The van der Waals surface area contributed by atoms with Crippen molar-refractivity contribution in [2.24, 2.45) is 11.3 Å². The largest absolute Gasteiger partial charge is 0.396 e. The molecule has 2 saturated heterocycles. The Morgan fingerprint density at radius 3 is 2.88 bits per heavy atom. The van der Waals surface area contributed by atoms with E-state index in [1.54, 1.807) is 0 Å². The van der Waals surface area contributed by atoms with Gasteiger partial charge in [0.05, 0.1) is 19.3 Å². The van der Waals surface area contributed by atoms with E-state index in [-0.39, 0.29) is 18.1 Å². The molecule has 0 aromatic heterocycles. The molecule has 0 radical (unpaired) electrons. The molecule has 0 bridgehead atoms. The van der Waals surface area contributed by atoms with Crippen molar-refractivity contribution < 1.29 is 14.9 Å². The molecule has 2 aliphatic heterocycles. The molecule has 0 aliphatic carbocycles. The summed E-state index contributed by atoms with van der Waals surface area (Å²) in [5, 5.41) is 19.0. The molecule has 0 aromatic carbocycles. The molecule has 16 heavy (non-hydrogen) atoms. The van der Waals surface area contributed by atoms with Gasteiger partial charge in [0.1, 0.15) is 0 Å². The van der Waals surface area contributed by atoms with Crippen molar-refractivity contribution in [1.82, 2.24) is 4.90 Å². The molecular weight excluding hydrogens is 206 g/mol. The molecule has 94 valence electrons. The van der Waals surface area contributed by atoms with Crippen LogP contribution >= 0.6 is 0 Å². The van der Waals surface area contributed by atoms with Gasteiger partial charge in [-0.25, -0.2) is 0 Å². The maximum absolute atomic E-state index is 9.55. The molecule has 4 nitrogen and oxygen atoms in total. The Bertz CT molecular complexity index is 226. The number of hydrogen-bond acceptors (Lipinski definition) is 4. The maximum atomic E-state index is 9.55. The predicted octanol–water partition coefficient (Wildman–Crippen LogP) is 0.0881. The van der Waals surface area contributed by atoms with Gasteiger partial charge in [-0.3, -0.25) is 0 Å². The molecule has 4 heteroatoms. The topological polar surface area (TPSA) is 52.9 Å². The van der Waals surface area contributed by atoms with E-state index >= 15 is 0 Å². The first-order valence-corrected chi connectivity index (χ1v) is 6.24. The summed E-state index contributed by atoms with van der Waals surface area (Å²) in [6.45, 7) is 6.44. The summed E-state index contributed by atoms with van der Waals surface area (Å²) in [4.78, 5) is 2.36. The number of aliphatic hydroxyl groups is 2. The highest BCUT2D eigenvalue weighted by atomic mass is 16.5. The molecular formula is C12H23NO3. The van der Waals surface area contributed by atoms with Gasteiger partial charge in [-0.15, -0.1) is 0 Å². The Labute approximate surface area is 97.2 Å². The van der Waals surface area contributed by atoms with Gasteiger partial charge in [0, 0.05) is 25.1 Å². The van der Waals surface area contributed by atoms with Crippen LogP contribution in [0.4, 0.5) is 0 Å². The number of aliphatic hydroxyl groups excluding tert-OH is 2. The minimum Gasteiger partial charge on any atom is -0.396 e. The molecule has 2 N–H and O–H groups in total. The lowest BCUT2D eigenvalue weighted by molar-refractivity contribution is 0.0589. The van der Waals surface area contributed by atoms with Crippen LogP contribution in [-0.4, -0.2) is 60.7 Å². The second-order valence-corrected chi connectivity index (χ2v) is 5.49. The van der Waals surface area contributed by atoms with E-state index in [0.29, 0.717) is 12.5 Å². The second kappa shape index (κ2) is 5.00. The van der Waals surface area contributed by atoms with Crippen LogP contribution < -0.4 is 0 Å². The molecule has 3 atom stereocenters. The van der Waals surface area contributed by atoms with Gasteiger partial charge in [-0.1, -0.05) is 0 Å². The lowest BCUT2D eigenvalue weighted by Crippen LogP contribution is -2.40. The standard InChI is InChI=1S/C12H23NO3/c1-10(15)11-2-4-13(6-11)7-12(8-14)3-5-16-9-12/h10-11,14-15H,2-9H2,1H3. The van der Waals surface area contributed by atoms with Crippen LogP contribution in [0.15, 0.2) is 0 Å². The maximum Gasteiger partial charge on any atom is 0.0557 e. The van der Waals surface area contributed by atoms with Gasteiger partial charge in [0.25, 0.3) is 0 Å². The van der Waals surface area contributed by atoms with Crippen LogP contribution in [-0.2, 0) is 4.74 Å². The van der Waals surface area contributed by atoms with E-state index in [4.69, 9.17) is 4.74 Å². The van der Waals surface area contributed by atoms with Gasteiger partial charge >= 0.3 is 0 Å². The monoisotopic (exact) mass is 229 g/mol. The van der Waals surface area contributed by atoms with Crippen LogP contribution in [0.1, 0.15) is 19.8 Å². The fourth-order valence-electron chi connectivity index (χ4n) is 2.82. The third kappa shape index (κ3) is 2.56. The van der Waals surface area contributed by atoms with Crippen LogP contribution in [0, 0.1) is 11.3 Å². The van der Waals surface area contributed by atoms with Crippen LogP contribution in [0.25, 0.3) is 0 Å². The lowest BCUT2D eigenvalue weighted by Gasteiger charge is -2.30. The van der Waals surface area contributed by atoms with Gasteiger partial charge < -0.3 is 19.8 Å². The van der Waals surface area contributed by atoms with Crippen molar-refractivity contribution >= 4 is 0 Å². The molecule has 2 aliphatic rings. The van der Waals surface area contributed by atoms with E-state index in [2.05, 4.69) is 4.90 Å². The number of rotatable bonds is 4. The van der Waals surface area contributed by atoms with E-state index in [1.807, 2.05) is 6.92 Å². The summed E-state index contributed by atoms with van der Waals surface area (Å²) in [7, 11) is 0. The average Bonchev–Trinajstić information content (AvgIpc) is 2.88. The minimum atomic E-state index is -0.213. The van der Waals surface area contributed by atoms with Crippen molar-refractivity contribution in [3.63, 3.8) is 0 Å². The molecule has 0 aromatic rings. The fraction of sp³-hybridized carbons (Fsp3) is 1.00. The number of hydrogen-bond donors (Lipinski definition) is 2. The highest BCUT2D eigenvalue weighted by molar-refractivity contribution is 4.89. The Kier molecular flexibility index (Phi) is 3.85. The van der Waals surface area contributed by atoms with E-state index < -0.39 is 0 Å². The summed E-state index contributed by atoms with van der Waals surface area (Å²) in [5.41, 5.74) is -0.0480. The quantitative estimate of drug-likeness (QED) is 0.717. The molecule has 3 unspecified atom stereocenters. The summed E-state index contributed by atoms with van der Waals surface area (Å²) in [6, 6.07) is 0. The normalized spacial score (nSPS) is 38.1. The first-order valence-electron chi connectivity index (χ1n) is 6.24. The fourth-order valence-corrected chi connectivity index (χ4v) is 2.82. The second-order valence-electron chi connectivity index (χ2n) is 5.49. The molecule has 2 heterocycles. The average molecular weight is 229 g/mol. The summed E-state index contributed by atoms with van der Waals surface area (Å²) in [6.07, 6.45) is 1.81.